The summed E-state index contributed by atoms with van der Waals surface area (Å²) in [4.78, 5) is 33.9. The lowest BCUT2D eigenvalue weighted by Gasteiger charge is -2.39. The molecule has 2 saturated carbocycles. The quantitative estimate of drug-likeness (QED) is 0.388. The maximum Gasteiger partial charge on any atom is 0.339 e. The molecule has 0 amide bonds. The highest BCUT2D eigenvalue weighted by Gasteiger charge is 2.72. The molecule has 1 spiro atoms. The number of rotatable bonds is 4. The number of fused-ring (bicyclic) bond motifs is 5. The summed E-state index contributed by atoms with van der Waals surface area (Å²) in [5, 5.41) is 30.5. The third-order valence-electron chi connectivity index (χ3n) is 8.87. The summed E-state index contributed by atoms with van der Waals surface area (Å²) in [5.41, 5.74) is -0.375. The van der Waals surface area contributed by atoms with Crippen molar-refractivity contribution in [2.24, 2.45) is 22.7 Å². The maximum absolute atomic E-state index is 14.0. The van der Waals surface area contributed by atoms with Gasteiger partial charge in [0.15, 0.2) is 0 Å². The molecule has 1 saturated heterocycles. The van der Waals surface area contributed by atoms with E-state index in [1.165, 1.54) is 0 Å². The van der Waals surface area contributed by atoms with E-state index in [1.54, 1.807) is 31.2 Å². The van der Waals surface area contributed by atoms with E-state index in [2.05, 4.69) is 16.9 Å². The molecular weight excluding hydrogens is 450 g/mol. The number of nitrogens with zero attached hydrogens (tertiary/aromatic N) is 3. The van der Waals surface area contributed by atoms with Crippen LogP contribution in [0.4, 0.5) is 0 Å². The average Bonchev–Trinajstić information content (AvgIpc) is 3.46. The van der Waals surface area contributed by atoms with Crippen molar-refractivity contribution in [2.45, 2.75) is 63.8 Å². The zero-order valence-electron chi connectivity index (χ0n) is 19.8. The molecule has 0 radical (unpaired) electrons. The van der Waals surface area contributed by atoms with Gasteiger partial charge in [0.25, 0.3) is 0 Å². The molecule has 1 aromatic carbocycles. The minimum Gasteiger partial charge on any atom is -0.455 e. The number of aromatic nitrogens is 3. The Hall–Kier alpha value is -3.04. The van der Waals surface area contributed by atoms with Gasteiger partial charge < -0.3 is 19.8 Å². The van der Waals surface area contributed by atoms with E-state index in [1.807, 2.05) is 13.0 Å². The summed E-state index contributed by atoms with van der Waals surface area (Å²) in [6.45, 7) is 7.85. The summed E-state index contributed by atoms with van der Waals surface area (Å²) in [6, 6.07) is 7.13. The smallest absolute Gasteiger partial charge is 0.339 e. The fourth-order valence-electron chi connectivity index (χ4n) is 7.34. The highest BCUT2D eigenvalue weighted by Crippen LogP contribution is 2.68. The normalized spacial score (nSPS) is 39.7. The summed E-state index contributed by atoms with van der Waals surface area (Å²) in [7, 11) is 0. The largest absolute Gasteiger partial charge is 0.455 e. The number of allylic oxidation sites excluding steroid dienone is 1. The second kappa shape index (κ2) is 7.24. The predicted octanol–water partition coefficient (Wildman–Crippen LogP) is 2.12. The highest BCUT2D eigenvalue weighted by atomic mass is 16.7. The number of para-hydroxylation sites is 1. The van der Waals surface area contributed by atoms with E-state index in [-0.39, 0.29) is 0 Å². The van der Waals surface area contributed by atoms with Crippen molar-refractivity contribution in [1.29, 1.82) is 0 Å². The van der Waals surface area contributed by atoms with Gasteiger partial charge in [-0.05, 0) is 67.0 Å². The number of ether oxygens (including phenoxy) is 1. The van der Waals surface area contributed by atoms with Crippen LogP contribution in [0, 0.1) is 22.7 Å². The standard InChI is InChI=1S/C26H29N3O6/c1-4-9-26(33)13-25(11-14(26)2)12-15-10-18-21(30)24(3,23(32)34-18)19(15)20(25)22(31)35-29-17-8-6-5-7-16(17)27-28-29/h5-8,10,18-21,30,33H,2,4,9,11-13H2,1,3H3/t18-,19-,20-,21+,24+,25-,26+/m1/s1. The van der Waals surface area contributed by atoms with Gasteiger partial charge in [0, 0.05) is 5.92 Å². The number of aliphatic hydroxyl groups excluding tert-OH is 1. The predicted molar refractivity (Wildman–Crippen MR) is 123 cm³/mol. The molecular formula is C26H29N3O6. The first kappa shape index (κ1) is 22.4. The Morgan fingerprint density at radius 1 is 1.34 bits per heavy atom. The molecule has 184 valence electrons. The number of aliphatic hydroxyl groups is 2. The minimum absolute atomic E-state index is 0.338. The van der Waals surface area contributed by atoms with Crippen molar-refractivity contribution in [3.8, 4) is 0 Å². The van der Waals surface area contributed by atoms with E-state index in [0.717, 1.165) is 16.8 Å². The molecule has 35 heavy (non-hydrogen) atoms. The SMILES string of the molecule is C=C1C[C@@]2(CC3=C[C@H]4OC(=O)[C@@](C)([C@H]3[C@@H]2C(=O)On2nnc3ccccc32)[C@H]4O)C[C@@]1(O)CCC. The van der Waals surface area contributed by atoms with Gasteiger partial charge in [-0.3, -0.25) is 4.79 Å². The number of benzene rings is 1. The topological polar surface area (TPSA) is 124 Å². The van der Waals surface area contributed by atoms with Crippen LogP contribution in [-0.2, 0) is 14.3 Å². The zero-order valence-corrected chi connectivity index (χ0v) is 19.8. The van der Waals surface area contributed by atoms with Gasteiger partial charge in [-0.1, -0.05) is 42.5 Å². The van der Waals surface area contributed by atoms with Crippen molar-refractivity contribution >= 4 is 23.0 Å². The zero-order chi connectivity index (χ0) is 24.8. The van der Waals surface area contributed by atoms with Gasteiger partial charge in [0.05, 0.1) is 11.5 Å². The van der Waals surface area contributed by atoms with Gasteiger partial charge in [-0.15, -0.1) is 5.10 Å². The fraction of sp³-hybridized carbons (Fsp3) is 0.538. The maximum atomic E-state index is 14.0. The number of hydrogen-bond acceptors (Lipinski definition) is 8. The summed E-state index contributed by atoms with van der Waals surface area (Å²) >= 11 is 0. The van der Waals surface area contributed by atoms with E-state index >= 15 is 0 Å². The van der Waals surface area contributed by atoms with Crippen molar-refractivity contribution in [3.63, 3.8) is 0 Å². The fourth-order valence-corrected chi connectivity index (χ4v) is 7.34. The third kappa shape index (κ3) is 2.88. The molecule has 2 bridgehead atoms. The van der Waals surface area contributed by atoms with Crippen LogP contribution in [0.15, 0.2) is 48.1 Å². The third-order valence-corrected chi connectivity index (χ3v) is 8.87. The molecule has 1 aliphatic heterocycles. The average molecular weight is 480 g/mol. The Labute approximate surface area is 202 Å². The van der Waals surface area contributed by atoms with Gasteiger partial charge in [0.1, 0.15) is 28.7 Å². The van der Waals surface area contributed by atoms with Gasteiger partial charge >= 0.3 is 11.9 Å². The molecule has 2 N–H and O–H groups in total. The van der Waals surface area contributed by atoms with Crippen LogP contribution in [0.5, 0.6) is 0 Å². The summed E-state index contributed by atoms with van der Waals surface area (Å²) < 4.78 is 5.47. The molecule has 3 aliphatic carbocycles. The summed E-state index contributed by atoms with van der Waals surface area (Å²) in [5.74, 6) is -2.53. The van der Waals surface area contributed by atoms with E-state index in [4.69, 9.17) is 9.57 Å². The molecule has 9 heteroatoms. The Kier molecular flexibility index (Phi) is 4.64. The van der Waals surface area contributed by atoms with Crippen LogP contribution >= 0.6 is 0 Å². The molecule has 0 unspecified atom stereocenters. The van der Waals surface area contributed by atoms with Crippen LogP contribution in [0.25, 0.3) is 11.0 Å². The first-order valence-corrected chi connectivity index (χ1v) is 12.2. The highest BCUT2D eigenvalue weighted by molar-refractivity contribution is 5.86. The van der Waals surface area contributed by atoms with Crippen LogP contribution in [0.3, 0.4) is 0 Å². The Morgan fingerprint density at radius 2 is 2.11 bits per heavy atom. The molecule has 2 heterocycles. The Balaban J connectivity index is 1.45. The van der Waals surface area contributed by atoms with Gasteiger partial charge in [-0.2, -0.15) is 0 Å². The lowest BCUT2D eigenvalue weighted by atomic mass is 9.61. The minimum atomic E-state index is -1.29. The van der Waals surface area contributed by atoms with Crippen LogP contribution in [0.1, 0.15) is 46.0 Å². The van der Waals surface area contributed by atoms with Crippen LogP contribution < -0.4 is 4.84 Å². The number of carbonyl (C=O) groups excluding carboxylic acids is 2. The van der Waals surface area contributed by atoms with E-state index in [0.29, 0.717) is 42.3 Å². The Bertz CT molecular complexity index is 1300. The first-order valence-electron chi connectivity index (χ1n) is 12.2. The van der Waals surface area contributed by atoms with Gasteiger partial charge in [0.2, 0.25) is 0 Å². The summed E-state index contributed by atoms with van der Waals surface area (Å²) in [6.07, 6.45) is 2.56. The first-order chi connectivity index (χ1) is 16.6. The lowest BCUT2D eigenvalue weighted by molar-refractivity contribution is -0.162. The molecule has 1 aromatic heterocycles. The number of hydrogen-bond donors (Lipinski definition) is 2. The second-order valence-electron chi connectivity index (χ2n) is 10.9. The molecule has 3 fully saturated rings. The van der Waals surface area contributed by atoms with Crippen molar-refractivity contribution in [3.05, 3.63) is 48.1 Å². The van der Waals surface area contributed by atoms with Crippen molar-refractivity contribution < 1.29 is 29.4 Å². The number of esters is 1. The van der Waals surface area contributed by atoms with Crippen molar-refractivity contribution in [2.75, 3.05) is 0 Å². The molecule has 4 aliphatic rings. The molecule has 2 aromatic rings. The second-order valence-corrected chi connectivity index (χ2v) is 10.9. The molecule has 6 rings (SSSR count). The lowest BCUT2D eigenvalue weighted by Crippen LogP contribution is -2.51. The van der Waals surface area contributed by atoms with Crippen LogP contribution in [-0.4, -0.2) is 55.1 Å². The van der Waals surface area contributed by atoms with E-state index < -0.39 is 52.4 Å². The molecule has 7 atom stereocenters. The van der Waals surface area contributed by atoms with Crippen molar-refractivity contribution in [1.82, 2.24) is 15.2 Å². The molecule has 9 nitrogen and oxygen atoms in total. The Morgan fingerprint density at radius 3 is 2.89 bits per heavy atom. The van der Waals surface area contributed by atoms with Gasteiger partial charge in [-0.25, -0.2) is 4.79 Å². The number of carbonyl (C=O) groups is 2. The monoisotopic (exact) mass is 479 g/mol. The van der Waals surface area contributed by atoms with Crippen LogP contribution in [0.2, 0.25) is 0 Å². The van der Waals surface area contributed by atoms with E-state index in [9.17, 15) is 19.8 Å².